The van der Waals surface area contributed by atoms with E-state index in [1.165, 1.54) is 6.07 Å². The molecule has 94 valence electrons. The normalized spacial score (nSPS) is 10.8. The monoisotopic (exact) mass is 256 g/mol. The Morgan fingerprint density at radius 2 is 1.95 bits per heavy atom. The molecule has 19 heavy (non-hydrogen) atoms. The molecule has 0 aliphatic carbocycles. The molecule has 0 aliphatic heterocycles. The van der Waals surface area contributed by atoms with Gasteiger partial charge in [-0.05, 0) is 30.3 Å². The Bertz CT molecular complexity index is 827. The molecule has 0 amide bonds. The van der Waals surface area contributed by atoms with Crippen molar-refractivity contribution in [1.82, 2.24) is 9.97 Å². The third-order valence-electron chi connectivity index (χ3n) is 2.83. The fourth-order valence-corrected chi connectivity index (χ4v) is 1.91. The number of rotatable bonds is 1. The maximum Gasteiger partial charge on any atom is 0.259 e. The van der Waals surface area contributed by atoms with Gasteiger partial charge in [-0.1, -0.05) is 12.1 Å². The van der Waals surface area contributed by atoms with E-state index in [0.717, 1.165) is 12.1 Å². The molecule has 0 bridgehead atoms. The van der Waals surface area contributed by atoms with E-state index in [-0.39, 0.29) is 22.7 Å². The molecule has 0 saturated carbocycles. The summed E-state index contributed by atoms with van der Waals surface area (Å²) < 4.78 is 13.2. The molecule has 3 rings (SSSR count). The van der Waals surface area contributed by atoms with Crippen molar-refractivity contribution in [2.45, 2.75) is 0 Å². The van der Waals surface area contributed by atoms with E-state index in [2.05, 4.69) is 9.97 Å². The highest BCUT2D eigenvalue weighted by Crippen LogP contribution is 2.27. The number of aromatic amines is 1. The number of H-pyrrole nitrogens is 1. The molecule has 0 radical (unpaired) electrons. The lowest BCUT2D eigenvalue weighted by Gasteiger charge is -2.05. The Balaban J connectivity index is 2.31. The molecule has 0 unspecified atom stereocenters. The fourth-order valence-electron chi connectivity index (χ4n) is 1.91. The Hall–Kier alpha value is -2.69. The number of hydrogen-bond acceptors (Lipinski definition) is 3. The van der Waals surface area contributed by atoms with Gasteiger partial charge < -0.3 is 10.1 Å². The summed E-state index contributed by atoms with van der Waals surface area (Å²) >= 11 is 0. The van der Waals surface area contributed by atoms with E-state index >= 15 is 0 Å². The first kappa shape index (κ1) is 11.4. The summed E-state index contributed by atoms with van der Waals surface area (Å²) in [6.07, 6.45) is 0. The van der Waals surface area contributed by atoms with Crippen molar-refractivity contribution in [3.05, 3.63) is 58.6 Å². The van der Waals surface area contributed by atoms with Crippen molar-refractivity contribution < 1.29 is 9.50 Å². The van der Waals surface area contributed by atoms with Crippen LogP contribution in [0.2, 0.25) is 0 Å². The third-order valence-corrected chi connectivity index (χ3v) is 2.83. The summed E-state index contributed by atoms with van der Waals surface area (Å²) in [6, 6.07) is 10.3. The van der Waals surface area contributed by atoms with Crippen LogP contribution < -0.4 is 5.56 Å². The van der Waals surface area contributed by atoms with Crippen molar-refractivity contribution >= 4 is 10.9 Å². The number of phenolic OH excluding ortho intramolecular Hbond substituents is 1. The Kier molecular flexibility index (Phi) is 2.52. The Labute approximate surface area is 107 Å². The van der Waals surface area contributed by atoms with Gasteiger partial charge in [0.1, 0.15) is 17.4 Å². The molecule has 0 saturated heterocycles. The predicted molar refractivity (Wildman–Crippen MR) is 69.4 cm³/mol. The summed E-state index contributed by atoms with van der Waals surface area (Å²) in [4.78, 5) is 18.7. The van der Waals surface area contributed by atoms with Crippen LogP contribution in [0.15, 0.2) is 47.3 Å². The lowest BCUT2D eigenvalue weighted by molar-refractivity contribution is 0.475. The second kappa shape index (κ2) is 4.20. The van der Waals surface area contributed by atoms with Crippen LogP contribution in [-0.4, -0.2) is 15.1 Å². The quantitative estimate of drug-likeness (QED) is 0.702. The Morgan fingerprint density at radius 1 is 1.16 bits per heavy atom. The van der Waals surface area contributed by atoms with E-state index in [1.54, 1.807) is 24.3 Å². The molecule has 1 heterocycles. The number of hydrogen-bond donors (Lipinski definition) is 2. The number of aromatic nitrogens is 2. The number of fused-ring (bicyclic) bond motifs is 1. The zero-order valence-corrected chi connectivity index (χ0v) is 9.72. The summed E-state index contributed by atoms with van der Waals surface area (Å²) in [5.41, 5.74) is 0.317. The van der Waals surface area contributed by atoms with Gasteiger partial charge in [0.2, 0.25) is 0 Å². The summed E-state index contributed by atoms with van der Waals surface area (Å²) in [6.45, 7) is 0. The Morgan fingerprint density at radius 3 is 2.79 bits per heavy atom. The largest absolute Gasteiger partial charge is 0.507 e. The second-order valence-corrected chi connectivity index (χ2v) is 4.09. The number of benzene rings is 2. The fraction of sp³-hybridized carbons (Fsp3) is 0. The van der Waals surface area contributed by atoms with Gasteiger partial charge in [-0.15, -0.1) is 0 Å². The van der Waals surface area contributed by atoms with Crippen molar-refractivity contribution in [2.75, 3.05) is 0 Å². The number of aromatic hydroxyl groups is 1. The number of nitrogens with zero attached hydrogens (tertiary/aromatic N) is 1. The highest BCUT2D eigenvalue weighted by atomic mass is 19.1. The van der Waals surface area contributed by atoms with Crippen LogP contribution in [0.3, 0.4) is 0 Å². The van der Waals surface area contributed by atoms with Crippen LogP contribution in [-0.2, 0) is 0 Å². The first-order valence-electron chi connectivity index (χ1n) is 5.63. The van der Waals surface area contributed by atoms with Crippen LogP contribution in [0, 0.1) is 5.82 Å². The summed E-state index contributed by atoms with van der Waals surface area (Å²) in [5.74, 6) is -0.510. The molecular weight excluding hydrogens is 247 g/mol. The molecule has 5 heteroatoms. The van der Waals surface area contributed by atoms with Gasteiger partial charge in [0, 0.05) is 0 Å². The van der Waals surface area contributed by atoms with Crippen LogP contribution in [0.5, 0.6) is 5.75 Å². The van der Waals surface area contributed by atoms with Crippen molar-refractivity contribution in [3.63, 3.8) is 0 Å². The SMILES string of the molecule is O=c1[nH]c(-c2cc(F)ccc2O)nc2ccccc12. The van der Waals surface area contributed by atoms with Crippen LogP contribution >= 0.6 is 0 Å². The van der Waals surface area contributed by atoms with E-state index < -0.39 is 5.82 Å². The lowest BCUT2D eigenvalue weighted by atomic mass is 10.1. The van der Waals surface area contributed by atoms with Gasteiger partial charge in [-0.2, -0.15) is 0 Å². The zero-order valence-electron chi connectivity index (χ0n) is 9.72. The van der Waals surface area contributed by atoms with Gasteiger partial charge in [-0.25, -0.2) is 9.37 Å². The van der Waals surface area contributed by atoms with Gasteiger partial charge in [0.05, 0.1) is 16.5 Å². The first-order valence-corrected chi connectivity index (χ1v) is 5.63. The van der Waals surface area contributed by atoms with Crippen molar-refractivity contribution in [2.24, 2.45) is 0 Å². The summed E-state index contributed by atoms with van der Waals surface area (Å²) in [7, 11) is 0. The molecule has 4 nitrogen and oxygen atoms in total. The molecular formula is C14H9FN2O2. The number of phenols is 1. The topological polar surface area (TPSA) is 66.0 Å². The van der Waals surface area contributed by atoms with E-state index in [4.69, 9.17) is 0 Å². The van der Waals surface area contributed by atoms with Crippen LogP contribution in [0.25, 0.3) is 22.3 Å². The molecule has 3 aromatic rings. The highest BCUT2D eigenvalue weighted by Gasteiger charge is 2.10. The van der Waals surface area contributed by atoms with Crippen LogP contribution in [0.1, 0.15) is 0 Å². The minimum Gasteiger partial charge on any atom is -0.507 e. The molecule has 2 N–H and O–H groups in total. The predicted octanol–water partition coefficient (Wildman–Crippen LogP) is 2.43. The van der Waals surface area contributed by atoms with E-state index in [9.17, 15) is 14.3 Å². The second-order valence-electron chi connectivity index (χ2n) is 4.09. The zero-order chi connectivity index (χ0) is 13.4. The van der Waals surface area contributed by atoms with Gasteiger partial charge in [-0.3, -0.25) is 4.79 Å². The lowest BCUT2D eigenvalue weighted by Crippen LogP contribution is -2.09. The molecule has 0 spiro atoms. The molecule has 0 atom stereocenters. The number of para-hydroxylation sites is 1. The molecule has 2 aromatic carbocycles. The van der Waals surface area contributed by atoms with E-state index in [1.807, 2.05) is 0 Å². The molecule has 0 aliphatic rings. The minimum atomic E-state index is -0.511. The maximum atomic E-state index is 13.2. The van der Waals surface area contributed by atoms with Crippen molar-refractivity contribution in [3.8, 4) is 17.1 Å². The highest BCUT2D eigenvalue weighted by molar-refractivity contribution is 5.79. The average molecular weight is 256 g/mol. The van der Waals surface area contributed by atoms with Crippen LogP contribution in [0.4, 0.5) is 4.39 Å². The smallest absolute Gasteiger partial charge is 0.259 e. The number of halogens is 1. The van der Waals surface area contributed by atoms with E-state index in [0.29, 0.717) is 10.9 Å². The van der Waals surface area contributed by atoms with Gasteiger partial charge >= 0.3 is 0 Å². The average Bonchev–Trinajstić information content (AvgIpc) is 2.41. The summed E-state index contributed by atoms with van der Waals surface area (Å²) in [5, 5.41) is 10.2. The van der Waals surface area contributed by atoms with Gasteiger partial charge in [0.15, 0.2) is 0 Å². The van der Waals surface area contributed by atoms with Gasteiger partial charge in [0.25, 0.3) is 5.56 Å². The maximum absolute atomic E-state index is 13.2. The minimum absolute atomic E-state index is 0.139. The molecule has 0 fully saturated rings. The van der Waals surface area contributed by atoms with Crippen molar-refractivity contribution in [1.29, 1.82) is 0 Å². The number of nitrogens with one attached hydrogen (secondary N) is 1. The standard InChI is InChI=1S/C14H9FN2O2/c15-8-5-6-12(18)10(7-8)13-16-11-4-2-1-3-9(11)14(19)17-13/h1-7,18H,(H,16,17,19). The third kappa shape index (κ3) is 1.95. The first-order chi connectivity index (χ1) is 9.15. The molecule has 1 aromatic heterocycles.